The SMILES string of the molecule is C[C@@]12C=CC[C@H]1[C@@H]1CCC3=CCCCC3(O)[C@H]1CC2. The summed E-state index contributed by atoms with van der Waals surface area (Å²) in [6.45, 7) is 2.45. The van der Waals surface area contributed by atoms with Crippen LogP contribution in [0.5, 0.6) is 0 Å². The lowest BCUT2D eigenvalue weighted by Gasteiger charge is -2.56. The van der Waals surface area contributed by atoms with Gasteiger partial charge in [-0.3, -0.25) is 0 Å². The lowest BCUT2D eigenvalue weighted by Crippen LogP contribution is -2.54. The van der Waals surface area contributed by atoms with Gasteiger partial charge in [0.2, 0.25) is 0 Å². The molecule has 1 unspecified atom stereocenters. The van der Waals surface area contributed by atoms with Gasteiger partial charge in [-0.05, 0) is 80.1 Å². The zero-order valence-corrected chi connectivity index (χ0v) is 12.1. The molecule has 1 nitrogen and oxygen atoms in total. The van der Waals surface area contributed by atoms with Crippen molar-refractivity contribution >= 4 is 0 Å². The first-order chi connectivity index (χ1) is 9.13. The molecule has 2 fully saturated rings. The Hall–Kier alpha value is -0.560. The van der Waals surface area contributed by atoms with Crippen molar-refractivity contribution in [1.82, 2.24) is 0 Å². The van der Waals surface area contributed by atoms with E-state index in [2.05, 4.69) is 25.2 Å². The number of fused-ring (bicyclic) bond motifs is 5. The summed E-state index contributed by atoms with van der Waals surface area (Å²) in [6, 6.07) is 0. The second-order valence-electron chi connectivity index (χ2n) is 7.64. The van der Waals surface area contributed by atoms with Gasteiger partial charge in [-0.15, -0.1) is 0 Å². The molecule has 0 aromatic heterocycles. The number of aliphatic hydroxyl groups is 1. The van der Waals surface area contributed by atoms with Crippen LogP contribution in [0.3, 0.4) is 0 Å². The highest BCUT2D eigenvalue weighted by Crippen LogP contribution is 2.60. The zero-order chi connectivity index (χ0) is 13.1. The van der Waals surface area contributed by atoms with Crippen LogP contribution in [0.25, 0.3) is 0 Å². The van der Waals surface area contributed by atoms with Crippen molar-refractivity contribution in [3.63, 3.8) is 0 Å². The van der Waals surface area contributed by atoms with Crippen molar-refractivity contribution in [2.75, 3.05) is 0 Å². The van der Waals surface area contributed by atoms with Crippen molar-refractivity contribution in [2.24, 2.45) is 23.2 Å². The third kappa shape index (κ3) is 1.57. The molecule has 2 saturated carbocycles. The standard InChI is InChI=1S/C18H26O/c1-17-10-4-6-15(17)14-8-7-13-5-2-3-11-18(13,19)16(14)9-12-17/h4-5,10,14-16,19H,2-3,6-9,11-12H2,1H3/t14-,15-,16-,17-,18?/m0/s1. The van der Waals surface area contributed by atoms with Gasteiger partial charge in [0.05, 0.1) is 5.60 Å². The average Bonchev–Trinajstić information content (AvgIpc) is 2.79. The maximum Gasteiger partial charge on any atom is 0.0887 e. The van der Waals surface area contributed by atoms with Crippen molar-refractivity contribution in [1.29, 1.82) is 0 Å². The summed E-state index contributed by atoms with van der Waals surface area (Å²) in [4.78, 5) is 0. The van der Waals surface area contributed by atoms with Gasteiger partial charge in [0.1, 0.15) is 0 Å². The smallest absolute Gasteiger partial charge is 0.0887 e. The maximum absolute atomic E-state index is 11.3. The van der Waals surface area contributed by atoms with Gasteiger partial charge in [0, 0.05) is 0 Å². The molecule has 0 aromatic carbocycles. The summed E-state index contributed by atoms with van der Waals surface area (Å²) >= 11 is 0. The lowest BCUT2D eigenvalue weighted by molar-refractivity contribution is -0.0953. The Bertz CT molecular complexity index is 449. The summed E-state index contributed by atoms with van der Waals surface area (Å²) in [7, 11) is 0. The van der Waals surface area contributed by atoms with Crippen LogP contribution in [0.4, 0.5) is 0 Å². The fourth-order valence-corrected chi connectivity index (χ4v) is 5.81. The molecule has 0 amide bonds. The number of rotatable bonds is 0. The molecule has 4 aliphatic rings. The van der Waals surface area contributed by atoms with Crippen LogP contribution in [0.1, 0.15) is 58.3 Å². The van der Waals surface area contributed by atoms with Crippen LogP contribution < -0.4 is 0 Å². The van der Waals surface area contributed by atoms with Crippen LogP contribution in [0.15, 0.2) is 23.8 Å². The van der Waals surface area contributed by atoms with Gasteiger partial charge in [-0.25, -0.2) is 0 Å². The van der Waals surface area contributed by atoms with E-state index in [0.29, 0.717) is 11.3 Å². The minimum absolute atomic E-state index is 0.426. The molecule has 0 heterocycles. The van der Waals surface area contributed by atoms with Crippen LogP contribution >= 0.6 is 0 Å². The zero-order valence-electron chi connectivity index (χ0n) is 12.1. The summed E-state index contributed by atoms with van der Waals surface area (Å²) in [5, 5.41) is 11.3. The predicted octanol–water partition coefficient (Wildman–Crippen LogP) is 4.23. The topological polar surface area (TPSA) is 20.2 Å². The van der Waals surface area contributed by atoms with Crippen LogP contribution in [-0.2, 0) is 0 Å². The van der Waals surface area contributed by atoms with E-state index in [0.717, 1.165) is 24.7 Å². The molecule has 19 heavy (non-hydrogen) atoms. The molecule has 0 aromatic rings. The summed E-state index contributed by atoms with van der Waals surface area (Å²) in [5.74, 6) is 2.11. The van der Waals surface area contributed by atoms with E-state index in [1.807, 2.05) is 0 Å². The fraction of sp³-hybridized carbons (Fsp3) is 0.778. The van der Waals surface area contributed by atoms with Gasteiger partial charge in [0.15, 0.2) is 0 Å². The number of allylic oxidation sites excluding steroid dienone is 3. The summed E-state index contributed by atoms with van der Waals surface area (Å²) < 4.78 is 0. The van der Waals surface area contributed by atoms with E-state index in [1.165, 1.54) is 44.1 Å². The largest absolute Gasteiger partial charge is 0.385 e. The van der Waals surface area contributed by atoms with E-state index in [1.54, 1.807) is 0 Å². The molecule has 1 N–H and O–H groups in total. The Labute approximate surface area is 116 Å². The van der Waals surface area contributed by atoms with E-state index in [-0.39, 0.29) is 0 Å². The molecular weight excluding hydrogens is 232 g/mol. The van der Waals surface area contributed by atoms with Crippen LogP contribution in [0.2, 0.25) is 0 Å². The van der Waals surface area contributed by atoms with Gasteiger partial charge < -0.3 is 5.11 Å². The molecule has 4 aliphatic carbocycles. The van der Waals surface area contributed by atoms with Crippen molar-refractivity contribution in [3.8, 4) is 0 Å². The Kier molecular flexibility index (Phi) is 2.55. The van der Waals surface area contributed by atoms with E-state index >= 15 is 0 Å². The number of hydrogen-bond donors (Lipinski definition) is 1. The second-order valence-corrected chi connectivity index (χ2v) is 7.64. The minimum Gasteiger partial charge on any atom is -0.385 e. The first kappa shape index (κ1) is 12.2. The second kappa shape index (κ2) is 3.97. The van der Waals surface area contributed by atoms with Crippen molar-refractivity contribution in [3.05, 3.63) is 23.8 Å². The fourth-order valence-electron chi connectivity index (χ4n) is 5.81. The number of hydrogen-bond acceptors (Lipinski definition) is 1. The first-order valence-corrected chi connectivity index (χ1v) is 8.23. The first-order valence-electron chi connectivity index (χ1n) is 8.23. The predicted molar refractivity (Wildman–Crippen MR) is 77.7 cm³/mol. The molecule has 104 valence electrons. The molecule has 0 radical (unpaired) electrons. The van der Waals surface area contributed by atoms with Crippen LogP contribution in [-0.4, -0.2) is 10.7 Å². The normalized spacial score (nSPS) is 52.1. The van der Waals surface area contributed by atoms with Crippen molar-refractivity contribution in [2.45, 2.75) is 63.9 Å². The van der Waals surface area contributed by atoms with Gasteiger partial charge in [0.25, 0.3) is 0 Å². The average molecular weight is 258 g/mol. The quantitative estimate of drug-likeness (QED) is 0.645. The van der Waals surface area contributed by atoms with Gasteiger partial charge >= 0.3 is 0 Å². The van der Waals surface area contributed by atoms with E-state index in [9.17, 15) is 5.11 Å². The molecule has 5 atom stereocenters. The molecule has 0 bridgehead atoms. The highest BCUT2D eigenvalue weighted by atomic mass is 16.3. The van der Waals surface area contributed by atoms with E-state index < -0.39 is 5.60 Å². The third-order valence-corrected chi connectivity index (χ3v) is 6.83. The molecule has 1 heteroatoms. The monoisotopic (exact) mass is 258 g/mol. The van der Waals surface area contributed by atoms with Gasteiger partial charge in [-0.1, -0.05) is 25.2 Å². The van der Waals surface area contributed by atoms with E-state index in [4.69, 9.17) is 0 Å². The van der Waals surface area contributed by atoms with Gasteiger partial charge in [-0.2, -0.15) is 0 Å². The third-order valence-electron chi connectivity index (χ3n) is 6.83. The molecule has 4 rings (SSSR count). The summed E-state index contributed by atoms with van der Waals surface area (Å²) in [6.07, 6.45) is 16.9. The Balaban J connectivity index is 1.69. The highest BCUT2D eigenvalue weighted by molar-refractivity contribution is 5.27. The lowest BCUT2D eigenvalue weighted by atomic mass is 9.51. The molecule has 0 saturated heterocycles. The summed E-state index contributed by atoms with van der Waals surface area (Å²) in [5.41, 5.74) is 1.41. The van der Waals surface area contributed by atoms with Crippen LogP contribution in [0, 0.1) is 23.2 Å². The minimum atomic E-state index is -0.426. The molecule has 0 aliphatic heterocycles. The maximum atomic E-state index is 11.3. The molecule has 0 spiro atoms. The van der Waals surface area contributed by atoms with Crippen molar-refractivity contribution < 1.29 is 5.11 Å². The molecular formula is C18H26O. The Morgan fingerprint density at radius 2 is 2.11 bits per heavy atom. The Morgan fingerprint density at radius 1 is 1.21 bits per heavy atom. The highest BCUT2D eigenvalue weighted by Gasteiger charge is 2.55. The Morgan fingerprint density at radius 3 is 3.00 bits per heavy atom.